The van der Waals surface area contributed by atoms with E-state index in [2.05, 4.69) is 81.5 Å². The van der Waals surface area contributed by atoms with Gasteiger partial charge in [-0.25, -0.2) is 0 Å². The minimum absolute atomic E-state index is 0.0842. The molecule has 0 N–H and O–H groups in total. The lowest BCUT2D eigenvalue weighted by Gasteiger charge is -2.18. The van der Waals surface area contributed by atoms with Crippen LogP contribution in [0.1, 0.15) is 374 Å². The molecule has 0 aliphatic rings. The molecule has 0 aromatic rings. The molecule has 6 nitrogen and oxygen atoms in total. The maximum Gasteiger partial charge on any atom is 0.306 e. The summed E-state index contributed by atoms with van der Waals surface area (Å²) in [5.74, 6) is -0.903. The van der Waals surface area contributed by atoms with Gasteiger partial charge in [-0.15, -0.1) is 0 Å². The molecule has 80 heavy (non-hydrogen) atoms. The summed E-state index contributed by atoms with van der Waals surface area (Å²) in [5, 5.41) is 0. The van der Waals surface area contributed by atoms with E-state index in [0.717, 1.165) is 109 Å². The van der Waals surface area contributed by atoms with Crippen LogP contribution in [0.5, 0.6) is 0 Å². The summed E-state index contributed by atoms with van der Waals surface area (Å²) in [7, 11) is 0. The second-order valence-electron chi connectivity index (χ2n) is 23.8. The highest BCUT2D eigenvalue weighted by Gasteiger charge is 2.19. The Morgan fingerprint density at radius 3 is 0.825 bits per heavy atom. The van der Waals surface area contributed by atoms with Crippen molar-refractivity contribution in [1.82, 2.24) is 0 Å². The van der Waals surface area contributed by atoms with Crippen LogP contribution in [0.15, 0.2) is 60.8 Å². The number of rotatable bonds is 65. The molecule has 0 aromatic carbocycles. The highest BCUT2D eigenvalue weighted by atomic mass is 16.6. The second kappa shape index (κ2) is 68.6. The number of carbonyl (C=O) groups excluding carboxylic acids is 3. The van der Waals surface area contributed by atoms with Crippen LogP contribution in [0.4, 0.5) is 0 Å². The number of ether oxygens (including phenoxy) is 3. The molecule has 0 rings (SSSR count). The largest absolute Gasteiger partial charge is 0.462 e. The number of hydrogen-bond acceptors (Lipinski definition) is 6. The minimum Gasteiger partial charge on any atom is -0.462 e. The van der Waals surface area contributed by atoms with Gasteiger partial charge in [-0.1, -0.05) is 338 Å². The zero-order chi connectivity index (χ0) is 57.8. The van der Waals surface area contributed by atoms with Crippen molar-refractivity contribution in [2.24, 2.45) is 0 Å². The first-order valence-corrected chi connectivity index (χ1v) is 35.3. The topological polar surface area (TPSA) is 78.9 Å². The third-order valence-electron chi connectivity index (χ3n) is 15.7. The lowest BCUT2D eigenvalue weighted by molar-refractivity contribution is -0.167. The summed E-state index contributed by atoms with van der Waals surface area (Å²) in [6.45, 7) is 6.49. The van der Waals surface area contributed by atoms with Crippen LogP contribution < -0.4 is 0 Å². The average molecular weight is 1120 g/mol. The van der Waals surface area contributed by atoms with Gasteiger partial charge in [0, 0.05) is 19.3 Å². The molecule has 0 spiro atoms. The van der Waals surface area contributed by atoms with Gasteiger partial charge < -0.3 is 14.2 Å². The molecule has 0 bridgehead atoms. The SMILES string of the molecule is CC/C=C\C/C=C\C/C=C\C/C=C\CCCCCCC(=O)OC(COC(=O)CCCCCCC/C=C\CCC)COC(=O)CCCCCCCCCCCCCCCCCCCCCCCCCCCCCCCCCCCCC. The molecule has 0 heterocycles. The molecule has 1 unspecified atom stereocenters. The van der Waals surface area contributed by atoms with Crippen molar-refractivity contribution in [3.63, 3.8) is 0 Å². The lowest BCUT2D eigenvalue weighted by atomic mass is 10.0. The molecule has 0 aliphatic heterocycles. The Morgan fingerprint density at radius 1 is 0.263 bits per heavy atom. The number of allylic oxidation sites excluding steroid dienone is 10. The van der Waals surface area contributed by atoms with Gasteiger partial charge in [-0.3, -0.25) is 14.4 Å². The van der Waals surface area contributed by atoms with Gasteiger partial charge in [0.15, 0.2) is 6.10 Å². The molecule has 0 radical (unpaired) electrons. The Labute approximate surface area is 498 Å². The Balaban J connectivity index is 4.02. The Morgan fingerprint density at radius 2 is 0.512 bits per heavy atom. The molecule has 0 aromatic heterocycles. The van der Waals surface area contributed by atoms with Gasteiger partial charge in [-0.2, -0.15) is 0 Å². The summed E-state index contributed by atoms with van der Waals surface area (Å²) in [6, 6.07) is 0. The summed E-state index contributed by atoms with van der Waals surface area (Å²) in [6.07, 6.45) is 88.7. The second-order valence-corrected chi connectivity index (χ2v) is 23.8. The maximum absolute atomic E-state index is 12.9. The van der Waals surface area contributed by atoms with Crippen molar-refractivity contribution in [2.75, 3.05) is 13.2 Å². The van der Waals surface area contributed by atoms with Crippen molar-refractivity contribution in [1.29, 1.82) is 0 Å². The van der Waals surface area contributed by atoms with Crippen molar-refractivity contribution in [3.05, 3.63) is 60.8 Å². The van der Waals surface area contributed by atoms with E-state index in [-0.39, 0.29) is 31.1 Å². The zero-order valence-electron chi connectivity index (χ0n) is 53.6. The highest BCUT2D eigenvalue weighted by Crippen LogP contribution is 2.19. The summed E-state index contributed by atoms with van der Waals surface area (Å²) in [5.41, 5.74) is 0. The first kappa shape index (κ1) is 77.1. The molecule has 0 saturated heterocycles. The van der Waals surface area contributed by atoms with E-state index in [1.54, 1.807) is 0 Å². The van der Waals surface area contributed by atoms with Crippen LogP contribution in [0.2, 0.25) is 0 Å². The standard InChI is InChI=1S/C74H134O6/c1-4-7-10-13-16-19-22-24-26-28-29-30-31-32-33-34-35-36-37-38-39-40-41-42-43-44-45-47-48-50-52-55-58-61-64-67-73(76)79-70-71(69-78-72(75)66-63-60-57-54-21-18-15-12-9-6-3)80-74(77)68-65-62-59-56-53-51-49-46-27-25-23-20-17-14-11-8-5-2/h8,11-12,15,17,20,25,27,49,51,71H,4-7,9-10,13-14,16,18-19,21-24,26,28-48,50,52-70H2,1-3H3/b11-8-,15-12-,20-17-,27-25-,51-49-. The molecule has 1 atom stereocenters. The molecule has 0 aliphatic carbocycles. The lowest BCUT2D eigenvalue weighted by Crippen LogP contribution is -2.30. The number of esters is 3. The van der Waals surface area contributed by atoms with Crippen molar-refractivity contribution < 1.29 is 28.6 Å². The molecule has 0 saturated carbocycles. The van der Waals surface area contributed by atoms with Crippen LogP contribution in [0, 0.1) is 0 Å². The van der Waals surface area contributed by atoms with E-state index < -0.39 is 6.10 Å². The fourth-order valence-electron chi connectivity index (χ4n) is 10.5. The zero-order valence-corrected chi connectivity index (χ0v) is 53.6. The van der Waals surface area contributed by atoms with Crippen LogP contribution in [0.3, 0.4) is 0 Å². The van der Waals surface area contributed by atoms with Crippen molar-refractivity contribution in [2.45, 2.75) is 380 Å². The van der Waals surface area contributed by atoms with E-state index in [4.69, 9.17) is 14.2 Å². The average Bonchev–Trinajstić information content (AvgIpc) is 3.46. The summed E-state index contributed by atoms with van der Waals surface area (Å²) >= 11 is 0. The predicted molar refractivity (Wildman–Crippen MR) is 348 cm³/mol. The molecule has 0 amide bonds. The molecule has 466 valence electrons. The van der Waals surface area contributed by atoms with Crippen LogP contribution >= 0.6 is 0 Å². The van der Waals surface area contributed by atoms with E-state index in [0.29, 0.717) is 19.3 Å². The molecule has 6 heteroatoms. The fraction of sp³-hybridized carbons (Fsp3) is 0.824. The van der Waals surface area contributed by atoms with Crippen LogP contribution in [-0.4, -0.2) is 37.2 Å². The predicted octanol–water partition coefficient (Wildman–Crippen LogP) is 24.3. The first-order chi connectivity index (χ1) is 39.5. The molecular formula is C74H134O6. The van der Waals surface area contributed by atoms with Crippen molar-refractivity contribution in [3.8, 4) is 0 Å². The minimum atomic E-state index is -0.790. The first-order valence-electron chi connectivity index (χ1n) is 35.3. The molecular weight excluding hydrogens is 985 g/mol. The van der Waals surface area contributed by atoms with Crippen molar-refractivity contribution >= 4 is 17.9 Å². The van der Waals surface area contributed by atoms with Gasteiger partial charge in [0.25, 0.3) is 0 Å². The Kier molecular flexibility index (Phi) is 66.1. The van der Waals surface area contributed by atoms with Crippen LogP contribution in [0.25, 0.3) is 0 Å². The van der Waals surface area contributed by atoms with Gasteiger partial charge in [0.1, 0.15) is 13.2 Å². The normalized spacial score (nSPS) is 12.4. The van der Waals surface area contributed by atoms with E-state index in [1.165, 1.54) is 225 Å². The van der Waals surface area contributed by atoms with E-state index in [9.17, 15) is 14.4 Å². The third-order valence-corrected chi connectivity index (χ3v) is 15.7. The summed E-state index contributed by atoms with van der Waals surface area (Å²) < 4.78 is 16.9. The van der Waals surface area contributed by atoms with E-state index >= 15 is 0 Å². The fourth-order valence-corrected chi connectivity index (χ4v) is 10.5. The van der Waals surface area contributed by atoms with Gasteiger partial charge >= 0.3 is 17.9 Å². The van der Waals surface area contributed by atoms with Gasteiger partial charge in [0.2, 0.25) is 0 Å². The van der Waals surface area contributed by atoms with Gasteiger partial charge in [-0.05, 0) is 77.0 Å². The van der Waals surface area contributed by atoms with E-state index in [1.807, 2.05) is 0 Å². The molecule has 0 fully saturated rings. The highest BCUT2D eigenvalue weighted by molar-refractivity contribution is 5.71. The smallest absolute Gasteiger partial charge is 0.306 e. The van der Waals surface area contributed by atoms with Crippen LogP contribution in [-0.2, 0) is 28.6 Å². The maximum atomic E-state index is 12.9. The Hall–Kier alpha value is -2.89. The third kappa shape index (κ3) is 65.9. The Bertz CT molecular complexity index is 1430. The number of unbranched alkanes of at least 4 members (excludes halogenated alkanes) is 44. The summed E-state index contributed by atoms with van der Waals surface area (Å²) in [4.78, 5) is 38.2. The quantitative estimate of drug-likeness (QED) is 0.0261. The number of carbonyl (C=O) groups is 3. The van der Waals surface area contributed by atoms with Gasteiger partial charge in [0.05, 0.1) is 0 Å². The monoisotopic (exact) mass is 1120 g/mol. The number of hydrogen-bond donors (Lipinski definition) is 0.